The average Bonchev–Trinajstić information content (AvgIpc) is 3.70. The molecule has 0 aliphatic heterocycles. The van der Waals surface area contributed by atoms with Gasteiger partial charge in [0, 0.05) is 42.4 Å². The summed E-state index contributed by atoms with van der Waals surface area (Å²) in [6, 6.07) is 9.24. The number of carbonyl (C=O) groups is 7. The number of hydrogen-bond acceptors (Lipinski definition) is 12. The van der Waals surface area contributed by atoms with Crippen molar-refractivity contribution in [3.63, 3.8) is 0 Å². The quantitative estimate of drug-likeness (QED) is 0.0348. The molecule has 0 saturated carbocycles. The fraction of sp³-hybridized carbons (Fsp3) is 0.533. The smallest absolute Gasteiger partial charge is 0.243 e. The predicted octanol–water partition coefficient (Wildman–Crippen LogP) is -1.57. The second kappa shape index (κ2) is 28.8. The van der Waals surface area contributed by atoms with Crippen molar-refractivity contribution in [1.82, 2.24) is 36.9 Å². The molecule has 0 spiro atoms. The Morgan fingerprint density at radius 2 is 0.969 bits per heavy atom. The minimum absolute atomic E-state index is 0.00847. The van der Waals surface area contributed by atoms with Crippen molar-refractivity contribution >= 4 is 52.3 Å². The summed E-state index contributed by atoms with van der Waals surface area (Å²) in [6.45, 7) is 2.98. The highest BCUT2D eigenvalue weighted by molar-refractivity contribution is 5.97. The third-order valence-corrected chi connectivity index (χ3v) is 10.9. The molecule has 0 aliphatic rings. The van der Waals surface area contributed by atoms with Gasteiger partial charge in [0.1, 0.15) is 30.2 Å². The molecule has 1 heterocycles. The summed E-state index contributed by atoms with van der Waals surface area (Å²) in [5.74, 6) is -4.66. The number of para-hydroxylation sites is 1. The fourth-order valence-electron chi connectivity index (χ4n) is 7.20. The van der Waals surface area contributed by atoms with E-state index >= 15 is 0 Å². The normalized spacial score (nSPS) is 14.4. The number of primary amides is 1. The Morgan fingerprint density at radius 1 is 0.523 bits per heavy atom. The number of hydrogen-bond donors (Lipinski definition) is 13. The van der Waals surface area contributed by atoms with Crippen LogP contribution in [0.5, 0.6) is 0 Å². The number of amides is 7. The molecular weight excluding hydrogens is 835 g/mol. The Labute approximate surface area is 380 Å². The summed E-state index contributed by atoms with van der Waals surface area (Å²) in [5.41, 5.74) is 36.6. The van der Waals surface area contributed by atoms with E-state index in [0.717, 1.165) is 16.5 Å². The molecule has 358 valence electrons. The maximum absolute atomic E-state index is 14.4. The molecule has 0 bridgehead atoms. The molecule has 0 radical (unpaired) electrons. The van der Waals surface area contributed by atoms with Crippen molar-refractivity contribution in [3.05, 3.63) is 71.9 Å². The van der Waals surface area contributed by atoms with Gasteiger partial charge in [-0.15, -0.1) is 0 Å². The molecular formula is C45H71N13O7. The van der Waals surface area contributed by atoms with Crippen molar-refractivity contribution in [1.29, 1.82) is 0 Å². The van der Waals surface area contributed by atoms with Crippen molar-refractivity contribution in [2.24, 2.45) is 34.4 Å². The Bertz CT molecular complexity index is 1980. The van der Waals surface area contributed by atoms with Crippen LogP contribution in [0.1, 0.15) is 82.3 Å². The number of carbonyl (C=O) groups excluding carboxylic acids is 7. The predicted molar refractivity (Wildman–Crippen MR) is 249 cm³/mol. The monoisotopic (exact) mass is 906 g/mol. The van der Waals surface area contributed by atoms with Crippen LogP contribution in [0.2, 0.25) is 0 Å². The summed E-state index contributed by atoms with van der Waals surface area (Å²) < 4.78 is 0. The highest BCUT2D eigenvalue weighted by Crippen LogP contribution is 2.20. The zero-order chi connectivity index (χ0) is 47.7. The molecule has 0 unspecified atom stereocenters. The molecule has 20 nitrogen and oxygen atoms in total. The van der Waals surface area contributed by atoms with Gasteiger partial charge in [-0.2, -0.15) is 0 Å². The summed E-state index contributed by atoms with van der Waals surface area (Å²) >= 11 is 0. The summed E-state index contributed by atoms with van der Waals surface area (Å²) in [4.78, 5) is 98.1. The lowest BCUT2D eigenvalue weighted by atomic mass is 10.0. The third-order valence-electron chi connectivity index (χ3n) is 10.9. The first-order valence-corrected chi connectivity index (χ1v) is 22.5. The van der Waals surface area contributed by atoms with Gasteiger partial charge >= 0.3 is 0 Å². The van der Waals surface area contributed by atoms with Crippen LogP contribution < -0.4 is 66.3 Å². The minimum Gasteiger partial charge on any atom is -0.370 e. The number of aromatic amines is 1. The zero-order valence-corrected chi connectivity index (χ0v) is 37.5. The first-order chi connectivity index (χ1) is 31.2. The second-order valence-electron chi connectivity index (χ2n) is 16.3. The van der Waals surface area contributed by atoms with Gasteiger partial charge in [-0.05, 0) is 108 Å². The molecule has 20 heteroatoms. The first-order valence-electron chi connectivity index (χ1n) is 22.5. The summed E-state index contributed by atoms with van der Waals surface area (Å²) in [7, 11) is 0. The van der Waals surface area contributed by atoms with E-state index in [4.69, 9.17) is 34.4 Å². The van der Waals surface area contributed by atoms with Crippen LogP contribution in [-0.4, -0.2) is 115 Å². The maximum atomic E-state index is 14.4. The molecule has 0 aliphatic carbocycles. The maximum Gasteiger partial charge on any atom is 0.243 e. The van der Waals surface area contributed by atoms with Gasteiger partial charge in [0.25, 0.3) is 0 Å². The fourth-order valence-corrected chi connectivity index (χ4v) is 7.20. The first kappa shape index (κ1) is 53.4. The van der Waals surface area contributed by atoms with Crippen LogP contribution in [0.4, 0.5) is 0 Å². The molecule has 19 N–H and O–H groups in total. The molecule has 65 heavy (non-hydrogen) atoms. The van der Waals surface area contributed by atoms with Gasteiger partial charge in [-0.3, -0.25) is 33.6 Å². The van der Waals surface area contributed by atoms with Gasteiger partial charge in [0.2, 0.25) is 41.4 Å². The molecule has 3 aromatic rings. The average molecular weight is 906 g/mol. The number of H-pyrrole nitrogens is 1. The number of aromatic nitrogens is 1. The molecule has 0 saturated heterocycles. The van der Waals surface area contributed by atoms with E-state index in [9.17, 15) is 33.6 Å². The van der Waals surface area contributed by atoms with Gasteiger partial charge < -0.3 is 71.3 Å². The van der Waals surface area contributed by atoms with Crippen molar-refractivity contribution in [2.75, 3.05) is 26.2 Å². The van der Waals surface area contributed by atoms with Gasteiger partial charge in [-0.1, -0.05) is 48.5 Å². The summed E-state index contributed by atoms with van der Waals surface area (Å²) in [5, 5.41) is 17.5. The van der Waals surface area contributed by atoms with E-state index < -0.39 is 77.6 Å². The lowest BCUT2D eigenvalue weighted by molar-refractivity contribution is -0.135. The molecule has 0 fully saturated rings. The van der Waals surface area contributed by atoms with Crippen LogP contribution in [0.3, 0.4) is 0 Å². The highest BCUT2D eigenvalue weighted by atomic mass is 16.2. The van der Waals surface area contributed by atoms with Crippen molar-refractivity contribution < 1.29 is 33.6 Å². The number of benzene rings is 2. The molecule has 1 aromatic heterocycles. The lowest BCUT2D eigenvalue weighted by Crippen LogP contribution is -2.60. The van der Waals surface area contributed by atoms with Gasteiger partial charge in [0.15, 0.2) is 0 Å². The number of nitrogens with two attached hydrogens (primary N) is 6. The van der Waals surface area contributed by atoms with Crippen LogP contribution in [0.15, 0.2) is 60.8 Å². The van der Waals surface area contributed by atoms with Gasteiger partial charge in [-0.25, -0.2) is 0 Å². The van der Waals surface area contributed by atoms with E-state index in [-0.39, 0.29) is 70.5 Å². The SMILES string of the molecule is C[C@H](CCCN)NC(=O)[C@@H](Cc1c[nH]c2ccccc12)NC(=O)[C@H](CCCN)NC(=O)[C@@H](Cc1ccccc1)NC(=O)[C@H](CCCN)NC(=O)[C@@H](CCC(N)=O)NC(=O)[C@@H](N)CCCN. The molecule has 7 amide bonds. The third kappa shape index (κ3) is 18.6. The number of rotatable bonds is 31. The van der Waals surface area contributed by atoms with Crippen LogP contribution >= 0.6 is 0 Å². The zero-order valence-electron chi connectivity index (χ0n) is 37.5. The Hall–Kier alpha value is -5.93. The number of nitrogens with one attached hydrogen (secondary N) is 7. The topological polar surface area (TPSA) is 364 Å². The molecule has 3 rings (SSSR count). The second-order valence-corrected chi connectivity index (χ2v) is 16.3. The lowest BCUT2D eigenvalue weighted by Gasteiger charge is -2.28. The Balaban J connectivity index is 1.90. The number of fused-ring (bicyclic) bond motifs is 1. The van der Waals surface area contributed by atoms with E-state index in [1.165, 1.54) is 0 Å². The standard InChI is InChI=1S/C45H71N13O7/c1-28(11-7-21-46)53-44(64)38(26-30-27-52-33-16-6-5-14-31(30)33)58-42(62)35(18-10-24-49)56-45(65)37(25-29-12-3-2-4-13-29)57-41(61)34(17-9-23-48)55-43(63)36(19-20-39(51)59)54-40(60)32(50)15-8-22-47/h2-6,12-14,16,27-28,32,34-38,52H,7-11,15,17-26,46-50H2,1H3,(H2,51,59)(H,53,64)(H,54,60)(H,55,63)(H,56,65)(H,57,61)(H,58,62)/t28-,32+,34+,35+,36-,37-,38-/m1/s1. The largest absolute Gasteiger partial charge is 0.370 e. The van der Waals surface area contributed by atoms with Crippen LogP contribution in [0, 0.1) is 0 Å². The Kier molecular flexibility index (Phi) is 23.6. The molecule has 2 aromatic carbocycles. The summed E-state index contributed by atoms with van der Waals surface area (Å²) in [6.07, 6.45) is 4.31. The van der Waals surface area contributed by atoms with E-state index in [1.807, 2.05) is 31.2 Å². The van der Waals surface area contributed by atoms with Crippen LogP contribution in [0.25, 0.3) is 10.9 Å². The van der Waals surface area contributed by atoms with Crippen LogP contribution in [-0.2, 0) is 46.4 Å². The van der Waals surface area contributed by atoms with Gasteiger partial charge in [0.05, 0.1) is 6.04 Å². The van der Waals surface area contributed by atoms with E-state index in [1.54, 1.807) is 36.5 Å². The highest BCUT2D eigenvalue weighted by Gasteiger charge is 2.33. The molecule has 7 atom stereocenters. The van der Waals surface area contributed by atoms with Crippen molar-refractivity contribution in [3.8, 4) is 0 Å². The Morgan fingerprint density at radius 3 is 1.54 bits per heavy atom. The minimum atomic E-state index is -1.28. The van der Waals surface area contributed by atoms with Crippen molar-refractivity contribution in [2.45, 2.75) is 126 Å². The van der Waals surface area contributed by atoms with E-state index in [0.29, 0.717) is 44.3 Å². The van der Waals surface area contributed by atoms with E-state index in [2.05, 4.69) is 36.9 Å².